The van der Waals surface area contributed by atoms with Gasteiger partial charge in [-0.15, -0.1) is 0 Å². The van der Waals surface area contributed by atoms with Gasteiger partial charge in [0.2, 0.25) is 0 Å². The molecular formula is C15H32N2O. The Morgan fingerprint density at radius 3 is 2.28 bits per heavy atom. The standard InChI is InChI=1S/C15H32N2O/c1-12(2)18-7-6-17(5)15(11-16)9-13(3)8-14(4)10-15/h12-14H,6-11,16H2,1-5H3. The van der Waals surface area contributed by atoms with Gasteiger partial charge in [-0.05, 0) is 52.0 Å². The fourth-order valence-electron chi connectivity index (χ4n) is 3.53. The highest BCUT2D eigenvalue weighted by Gasteiger charge is 2.39. The summed E-state index contributed by atoms with van der Waals surface area (Å²) in [5, 5.41) is 0. The second-order valence-corrected chi connectivity index (χ2v) is 6.62. The van der Waals surface area contributed by atoms with Gasteiger partial charge in [0, 0.05) is 18.6 Å². The first-order valence-corrected chi connectivity index (χ1v) is 7.42. The zero-order chi connectivity index (χ0) is 13.8. The second-order valence-electron chi connectivity index (χ2n) is 6.62. The first-order chi connectivity index (χ1) is 8.39. The van der Waals surface area contributed by atoms with E-state index in [1.54, 1.807) is 0 Å². The van der Waals surface area contributed by atoms with Crippen molar-refractivity contribution in [3.8, 4) is 0 Å². The minimum absolute atomic E-state index is 0.192. The molecule has 0 saturated heterocycles. The number of likely N-dealkylation sites (N-methyl/N-ethyl adjacent to an activating group) is 1. The fourth-order valence-corrected chi connectivity index (χ4v) is 3.53. The number of hydrogen-bond acceptors (Lipinski definition) is 3. The Bertz CT molecular complexity index is 233. The Kier molecular flexibility index (Phi) is 6.09. The summed E-state index contributed by atoms with van der Waals surface area (Å²) in [5.41, 5.74) is 6.30. The Hall–Kier alpha value is -0.120. The Morgan fingerprint density at radius 2 is 1.83 bits per heavy atom. The average Bonchev–Trinajstić information content (AvgIpc) is 2.26. The first-order valence-electron chi connectivity index (χ1n) is 7.42. The van der Waals surface area contributed by atoms with Gasteiger partial charge in [0.1, 0.15) is 0 Å². The van der Waals surface area contributed by atoms with Crippen LogP contribution in [0.2, 0.25) is 0 Å². The molecule has 1 aliphatic rings. The number of hydrogen-bond donors (Lipinski definition) is 1. The van der Waals surface area contributed by atoms with Crippen molar-refractivity contribution in [1.29, 1.82) is 0 Å². The van der Waals surface area contributed by atoms with E-state index in [1.807, 2.05) is 0 Å². The summed E-state index contributed by atoms with van der Waals surface area (Å²) in [7, 11) is 2.21. The maximum Gasteiger partial charge on any atom is 0.0597 e. The summed E-state index contributed by atoms with van der Waals surface area (Å²) in [4.78, 5) is 2.45. The number of rotatable bonds is 6. The molecule has 2 unspecified atom stereocenters. The van der Waals surface area contributed by atoms with Crippen LogP contribution < -0.4 is 5.73 Å². The molecule has 0 aromatic heterocycles. The molecule has 0 bridgehead atoms. The van der Waals surface area contributed by atoms with Crippen LogP contribution in [0, 0.1) is 11.8 Å². The van der Waals surface area contributed by atoms with Crippen LogP contribution in [0.3, 0.4) is 0 Å². The monoisotopic (exact) mass is 256 g/mol. The van der Waals surface area contributed by atoms with E-state index in [-0.39, 0.29) is 5.54 Å². The van der Waals surface area contributed by atoms with E-state index in [0.29, 0.717) is 6.10 Å². The van der Waals surface area contributed by atoms with E-state index in [9.17, 15) is 0 Å². The Labute approximate surface area is 113 Å². The molecule has 18 heavy (non-hydrogen) atoms. The van der Waals surface area contributed by atoms with Crippen molar-refractivity contribution in [2.24, 2.45) is 17.6 Å². The molecular weight excluding hydrogens is 224 g/mol. The topological polar surface area (TPSA) is 38.5 Å². The highest BCUT2D eigenvalue weighted by molar-refractivity contribution is 4.96. The Morgan fingerprint density at radius 1 is 1.28 bits per heavy atom. The molecule has 0 aromatic rings. The van der Waals surface area contributed by atoms with Gasteiger partial charge in [0.25, 0.3) is 0 Å². The Balaban J connectivity index is 2.56. The summed E-state index contributed by atoms with van der Waals surface area (Å²) in [6.45, 7) is 11.4. The molecule has 0 amide bonds. The molecule has 0 heterocycles. The molecule has 1 aliphatic carbocycles. The maximum absolute atomic E-state index is 6.11. The third-order valence-electron chi connectivity index (χ3n) is 4.33. The predicted octanol–water partition coefficient (Wildman–Crippen LogP) is 2.50. The summed E-state index contributed by atoms with van der Waals surface area (Å²) < 4.78 is 5.66. The molecule has 108 valence electrons. The lowest BCUT2D eigenvalue weighted by molar-refractivity contribution is 0.00246. The molecule has 1 rings (SSSR count). The molecule has 2 N–H and O–H groups in total. The minimum atomic E-state index is 0.192. The van der Waals surface area contributed by atoms with Crippen molar-refractivity contribution >= 4 is 0 Å². The van der Waals surface area contributed by atoms with Crippen molar-refractivity contribution in [3.63, 3.8) is 0 Å². The van der Waals surface area contributed by atoms with Crippen LogP contribution in [-0.2, 0) is 4.74 Å². The summed E-state index contributed by atoms with van der Waals surface area (Å²) in [6.07, 6.45) is 4.12. The van der Waals surface area contributed by atoms with Crippen molar-refractivity contribution in [2.75, 3.05) is 26.7 Å². The van der Waals surface area contributed by atoms with Gasteiger partial charge in [-0.1, -0.05) is 13.8 Å². The van der Waals surface area contributed by atoms with Crippen molar-refractivity contribution in [3.05, 3.63) is 0 Å². The molecule has 1 fully saturated rings. The van der Waals surface area contributed by atoms with Crippen LogP contribution in [0.4, 0.5) is 0 Å². The van der Waals surface area contributed by atoms with Crippen LogP contribution in [0.15, 0.2) is 0 Å². The molecule has 0 aromatic carbocycles. The SMILES string of the molecule is CC1CC(C)CC(CN)(N(C)CCOC(C)C)C1. The van der Waals surface area contributed by atoms with Gasteiger partial charge in [-0.3, -0.25) is 4.90 Å². The van der Waals surface area contributed by atoms with E-state index in [2.05, 4.69) is 39.6 Å². The van der Waals surface area contributed by atoms with Crippen LogP contribution in [-0.4, -0.2) is 43.3 Å². The van der Waals surface area contributed by atoms with E-state index in [1.165, 1.54) is 19.3 Å². The lowest BCUT2D eigenvalue weighted by Gasteiger charge is -2.48. The molecule has 0 radical (unpaired) electrons. The van der Waals surface area contributed by atoms with Crippen LogP contribution in [0.25, 0.3) is 0 Å². The largest absolute Gasteiger partial charge is 0.377 e. The summed E-state index contributed by atoms with van der Waals surface area (Å²) >= 11 is 0. The molecule has 3 nitrogen and oxygen atoms in total. The van der Waals surface area contributed by atoms with E-state index < -0.39 is 0 Å². The third kappa shape index (κ3) is 4.22. The maximum atomic E-state index is 6.11. The van der Waals surface area contributed by atoms with Crippen molar-refractivity contribution in [1.82, 2.24) is 4.90 Å². The zero-order valence-corrected chi connectivity index (χ0v) is 12.9. The fraction of sp³-hybridized carbons (Fsp3) is 1.00. The summed E-state index contributed by atoms with van der Waals surface area (Å²) in [5.74, 6) is 1.57. The third-order valence-corrected chi connectivity index (χ3v) is 4.33. The van der Waals surface area contributed by atoms with E-state index in [4.69, 9.17) is 10.5 Å². The molecule has 1 saturated carbocycles. The summed E-state index contributed by atoms with van der Waals surface area (Å²) in [6, 6.07) is 0. The molecule has 0 spiro atoms. The molecule has 0 aliphatic heterocycles. The minimum Gasteiger partial charge on any atom is -0.377 e. The lowest BCUT2D eigenvalue weighted by Crippen LogP contribution is -2.56. The van der Waals surface area contributed by atoms with E-state index in [0.717, 1.165) is 31.5 Å². The normalized spacial score (nSPS) is 33.3. The second kappa shape index (κ2) is 6.88. The smallest absolute Gasteiger partial charge is 0.0597 e. The lowest BCUT2D eigenvalue weighted by atomic mass is 9.71. The molecule has 3 heteroatoms. The van der Waals surface area contributed by atoms with Gasteiger partial charge in [-0.2, -0.15) is 0 Å². The highest BCUT2D eigenvalue weighted by Crippen LogP contribution is 2.38. The number of nitrogens with zero attached hydrogens (tertiary/aromatic N) is 1. The van der Waals surface area contributed by atoms with Crippen molar-refractivity contribution < 1.29 is 4.74 Å². The van der Waals surface area contributed by atoms with Crippen LogP contribution >= 0.6 is 0 Å². The van der Waals surface area contributed by atoms with Crippen LogP contribution in [0.1, 0.15) is 47.0 Å². The number of ether oxygens (including phenoxy) is 1. The van der Waals surface area contributed by atoms with Gasteiger partial charge < -0.3 is 10.5 Å². The van der Waals surface area contributed by atoms with Gasteiger partial charge in [0.05, 0.1) is 12.7 Å². The van der Waals surface area contributed by atoms with Gasteiger partial charge in [-0.25, -0.2) is 0 Å². The van der Waals surface area contributed by atoms with Gasteiger partial charge in [0.15, 0.2) is 0 Å². The average molecular weight is 256 g/mol. The molecule has 2 atom stereocenters. The zero-order valence-electron chi connectivity index (χ0n) is 12.9. The van der Waals surface area contributed by atoms with E-state index >= 15 is 0 Å². The predicted molar refractivity (Wildman–Crippen MR) is 77.7 cm³/mol. The van der Waals surface area contributed by atoms with Gasteiger partial charge >= 0.3 is 0 Å². The number of nitrogens with two attached hydrogens (primary N) is 1. The van der Waals surface area contributed by atoms with Crippen LogP contribution in [0.5, 0.6) is 0 Å². The van der Waals surface area contributed by atoms with Crippen molar-refractivity contribution in [2.45, 2.75) is 58.6 Å². The first kappa shape index (κ1) is 15.9. The highest BCUT2D eigenvalue weighted by atomic mass is 16.5. The quantitative estimate of drug-likeness (QED) is 0.793.